The zero-order chi connectivity index (χ0) is 16.8. The molecule has 0 bridgehead atoms. The van der Waals surface area contributed by atoms with E-state index in [1.165, 1.54) is 18.5 Å². The van der Waals surface area contributed by atoms with E-state index in [0.29, 0.717) is 10.6 Å². The van der Waals surface area contributed by atoms with Crippen molar-refractivity contribution in [1.29, 1.82) is 0 Å². The molecular formula is C20H24ClN2O+. The third-order valence-corrected chi connectivity index (χ3v) is 4.90. The predicted molar refractivity (Wildman–Crippen MR) is 97.7 cm³/mol. The monoisotopic (exact) mass is 343 g/mol. The Balaban J connectivity index is 1.43. The van der Waals surface area contributed by atoms with Crippen LogP contribution in [0, 0.1) is 0 Å². The molecular weight excluding hydrogens is 320 g/mol. The minimum atomic E-state index is 0.0980. The Morgan fingerprint density at radius 1 is 1.04 bits per heavy atom. The Bertz CT molecular complexity index is 666. The highest BCUT2D eigenvalue weighted by atomic mass is 35.5. The zero-order valence-electron chi connectivity index (χ0n) is 13.9. The van der Waals surface area contributed by atoms with Gasteiger partial charge in [-0.3, -0.25) is 4.79 Å². The Hall–Kier alpha value is -1.84. The minimum absolute atomic E-state index is 0.0980. The Labute approximate surface area is 148 Å². The summed E-state index contributed by atoms with van der Waals surface area (Å²) in [5, 5.41) is 0.617. The second kappa shape index (κ2) is 8.32. The topological polar surface area (TPSA) is 24.8 Å². The Morgan fingerprint density at radius 3 is 2.50 bits per heavy atom. The third-order valence-electron chi connectivity index (χ3n) is 4.67. The van der Waals surface area contributed by atoms with E-state index in [1.807, 2.05) is 17.0 Å². The van der Waals surface area contributed by atoms with Gasteiger partial charge in [-0.2, -0.15) is 0 Å². The van der Waals surface area contributed by atoms with Crippen LogP contribution >= 0.6 is 11.6 Å². The van der Waals surface area contributed by atoms with Gasteiger partial charge < -0.3 is 9.80 Å². The number of aryl methyl sites for hydroxylation is 1. The summed E-state index contributed by atoms with van der Waals surface area (Å²) < 4.78 is 0. The molecule has 1 saturated heterocycles. The lowest BCUT2D eigenvalue weighted by Gasteiger charge is -2.32. The number of nitrogens with one attached hydrogen (secondary N) is 1. The first-order chi connectivity index (χ1) is 11.7. The number of halogens is 1. The molecule has 1 N–H and O–H groups in total. The van der Waals surface area contributed by atoms with E-state index in [-0.39, 0.29) is 5.91 Å². The fraction of sp³-hybridized carbons (Fsp3) is 0.350. The predicted octanol–water partition coefficient (Wildman–Crippen LogP) is 2.31. The summed E-state index contributed by atoms with van der Waals surface area (Å²) in [6.07, 6.45) is 2.33. The van der Waals surface area contributed by atoms with Crippen LogP contribution in [0.4, 0.5) is 0 Å². The van der Waals surface area contributed by atoms with E-state index >= 15 is 0 Å². The van der Waals surface area contributed by atoms with Crippen molar-refractivity contribution in [1.82, 2.24) is 4.90 Å². The van der Waals surface area contributed by atoms with Crippen LogP contribution in [-0.2, 0) is 6.42 Å². The lowest BCUT2D eigenvalue weighted by atomic mass is 10.1. The van der Waals surface area contributed by atoms with Crippen LogP contribution in [-0.4, -0.2) is 43.5 Å². The summed E-state index contributed by atoms with van der Waals surface area (Å²) in [7, 11) is 0. The summed E-state index contributed by atoms with van der Waals surface area (Å²) in [4.78, 5) is 16.1. The van der Waals surface area contributed by atoms with Gasteiger partial charge in [-0.05, 0) is 30.2 Å². The first-order valence-corrected chi connectivity index (χ1v) is 9.02. The van der Waals surface area contributed by atoms with E-state index in [1.54, 1.807) is 17.0 Å². The molecule has 0 unspecified atom stereocenters. The summed E-state index contributed by atoms with van der Waals surface area (Å²) >= 11 is 5.98. The number of quaternary nitrogens is 1. The average molecular weight is 344 g/mol. The number of nitrogens with zero attached hydrogens (tertiary/aromatic N) is 1. The highest BCUT2D eigenvalue weighted by molar-refractivity contribution is 6.30. The van der Waals surface area contributed by atoms with Crippen molar-refractivity contribution in [3.05, 3.63) is 70.7 Å². The third kappa shape index (κ3) is 4.59. The number of carbonyl (C=O) groups is 1. The van der Waals surface area contributed by atoms with Crippen molar-refractivity contribution in [3.63, 3.8) is 0 Å². The van der Waals surface area contributed by atoms with E-state index in [0.717, 1.165) is 32.6 Å². The second-order valence-electron chi connectivity index (χ2n) is 6.39. The maximum absolute atomic E-state index is 12.5. The maximum atomic E-state index is 12.5. The number of amides is 1. The average Bonchev–Trinajstić information content (AvgIpc) is 2.63. The molecule has 0 aromatic heterocycles. The van der Waals surface area contributed by atoms with Crippen molar-refractivity contribution in [2.24, 2.45) is 0 Å². The highest BCUT2D eigenvalue weighted by Crippen LogP contribution is 2.12. The van der Waals surface area contributed by atoms with Crippen LogP contribution in [0.25, 0.3) is 0 Å². The molecule has 0 radical (unpaired) electrons. The van der Waals surface area contributed by atoms with E-state index < -0.39 is 0 Å². The molecule has 1 aliphatic heterocycles. The molecule has 3 rings (SSSR count). The van der Waals surface area contributed by atoms with Gasteiger partial charge in [0.1, 0.15) is 0 Å². The molecule has 0 saturated carbocycles. The van der Waals surface area contributed by atoms with Gasteiger partial charge in [-0.15, -0.1) is 0 Å². The molecule has 1 heterocycles. The van der Waals surface area contributed by atoms with E-state index in [2.05, 4.69) is 30.3 Å². The molecule has 3 nitrogen and oxygen atoms in total. The Kier molecular flexibility index (Phi) is 5.89. The van der Waals surface area contributed by atoms with Gasteiger partial charge in [0.25, 0.3) is 5.91 Å². The number of rotatable bonds is 5. The number of hydrogen-bond donors (Lipinski definition) is 1. The second-order valence-corrected chi connectivity index (χ2v) is 6.83. The molecule has 2 aromatic rings. The summed E-state index contributed by atoms with van der Waals surface area (Å²) in [6, 6.07) is 17.9. The molecule has 4 heteroatoms. The van der Waals surface area contributed by atoms with Crippen molar-refractivity contribution in [2.75, 3.05) is 32.7 Å². The molecule has 0 aliphatic carbocycles. The smallest absolute Gasteiger partial charge is 0.254 e. The molecule has 2 aromatic carbocycles. The van der Waals surface area contributed by atoms with Gasteiger partial charge in [-0.25, -0.2) is 0 Å². The first-order valence-electron chi connectivity index (χ1n) is 8.65. The van der Waals surface area contributed by atoms with Gasteiger partial charge in [0, 0.05) is 17.0 Å². The normalized spacial score (nSPS) is 15.5. The van der Waals surface area contributed by atoms with E-state index in [9.17, 15) is 4.79 Å². The number of piperazine rings is 1. The Morgan fingerprint density at radius 2 is 1.79 bits per heavy atom. The fourth-order valence-corrected chi connectivity index (χ4v) is 3.46. The summed E-state index contributed by atoms with van der Waals surface area (Å²) in [6.45, 7) is 4.88. The molecule has 1 aliphatic rings. The van der Waals surface area contributed by atoms with Gasteiger partial charge in [-0.1, -0.05) is 48.0 Å². The minimum Gasteiger partial charge on any atom is -0.332 e. The van der Waals surface area contributed by atoms with E-state index in [4.69, 9.17) is 11.6 Å². The molecule has 126 valence electrons. The molecule has 24 heavy (non-hydrogen) atoms. The molecule has 0 atom stereocenters. The molecule has 1 fully saturated rings. The van der Waals surface area contributed by atoms with Crippen LogP contribution in [0.5, 0.6) is 0 Å². The van der Waals surface area contributed by atoms with Gasteiger partial charge in [0.05, 0.1) is 32.7 Å². The van der Waals surface area contributed by atoms with Crippen molar-refractivity contribution in [3.8, 4) is 0 Å². The maximum Gasteiger partial charge on any atom is 0.254 e. The number of hydrogen-bond acceptors (Lipinski definition) is 1. The lowest BCUT2D eigenvalue weighted by Crippen LogP contribution is -3.14. The van der Waals surface area contributed by atoms with Crippen molar-refractivity contribution < 1.29 is 9.69 Å². The highest BCUT2D eigenvalue weighted by Gasteiger charge is 2.24. The summed E-state index contributed by atoms with van der Waals surface area (Å²) in [5.74, 6) is 0.0980. The number of carbonyl (C=O) groups excluding carboxylic acids is 1. The number of benzene rings is 2. The standard InChI is InChI=1S/C20H23ClN2O/c21-19-10-4-9-18(16-19)20(24)23-14-12-22(13-15-23)11-5-8-17-6-2-1-3-7-17/h1-4,6-7,9-10,16H,5,8,11-15H2/p+1. The molecule has 1 amide bonds. The largest absolute Gasteiger partial charge is 0.332 e. The van der Waals surface area contributed by atoms with Crippen LogP contribution in [0.2, 0.25) is 5.02 Å². The lowest BCUT2D eigenvalue weighted by molar-refractivity contribution is -0.904. The summed E-state index contributed by atoms with van der Waals surface area (Å²) in [5.41, 5.74) is 2.10. The van der Waals surface area contributed by atoms with Gasteiger partial charge >= 0.3 is 0 Å². The van der Waals surface area contributed by atoms with Crippen LogP contribution in [0.15, 0.2) is 54.6 Å². The zero-order valence-corrected chi connectivity index (χ0v) is 14.6. The molecule has 0 spiro atoms. The van der Waals surface area contributed by atoms with Crippen LogP contribution in [0.1, 0.15) is 22.3 Å². The van der Waals surface area contributed by atoms with Crippen molar-refractivity contribution in [2.45, 2.75) is 12.8 Å². The SMILES string of the molecule is O=C(c1cccc(Cl)c1)N1CC[NH+](CCCc2ccccc2)CC1. The first kappa shape index (κ1) is 17.0. The van der Waals surface area contributed by atoms with Crippen LogP contribution < -0.4 is 4.90 Å². The quantitative estimate of drug-likeness (QED) is 0.885. The van der Waals surface area contributed by atoms with Crippen molar-refractivity contribution >= 4 is 17.5 Å². The van der Waals surface area contributed by atoms with Crippen LogP contribution in [0.3, 0.4) is 0 Å². The van der Waals surface area contributed by atoms with Gasteiger partial charge in [0.15, 0.2) is 0 Å². The van der Waals surface area contributed by atoms with Gasteiger partial charge in [0.2, 0.25) is 0 Å². The fourth-order valence-electron chi connectivity index (χ4n) is 3.27.